The summed E-state index contributed by atoms with van der Waals surface area (Å²) in [6, 6.07) is 4.60. The van der Waals surface area contributed by atoms with Crippen LogP contribution < -0.4 is 10.1 Å². The number of carbonyl (C=O) groups is 2. The van der Waals surface area contributed by atoms with Crippen molar-refractivity contribution in [3.8, 4) is 5.75 Å². The van der Waals surface area contributed by atoms with Crippen LogP contribution in [-0.2, 0) is 16.1 Å². The highest BCUT2D eigenvalue weighted by Gasteiger charge is 2.31. The quantitative estimate of drug-likeness (QED) is 0.928. The van der Waals surface area contributed by atoms with Crippen LogP contribution in [-0.4, -0.2) is 35.9 Å². The number of hydrogen-bond donors (Lipinski definition) is 1. The van der Waals surface area contributed by atoms with Gasteiger partial charge in [0.1, 0.15) is 11.8 Å². The lowest BCUT2D eigenvalue weighted by Gasteiger charge is -2.28. The summed E-state index contributed by atoms with van der Waals surface area (Å²) < 4.78 is 5.31. The number of rotatable bonds is 3. The molecule has 1 N–H and O–H groups in total. The maximum atomic E-state index is 12.4. The topological polar surface area (TPSA) is 58.6 Å². The van der Waals surface area contributed by atoms with Gasteiger partial charge in [0.25, 0.3) is 0 Å². The minimum Gasteiger partial charge on any atom is -0.496 e. The van der Waals surface area contributed by atoms with Crippen molar-refractivity contribution in [1.29, 1.82) is 0 Å². The number of halogens is 1. The number of amides is 2. The molecule has 1 aromatic rings. The molecular formula is C15H19ClN2O3. The number of nitrogens with zero attached hydrogens (tertiary/aromatic N) is 1. The lowest BCUT2D eigenvalue weighted by atomic mass is 10.1. The third kappa shape index (κ3) is 3.47. The molecule has 1 heterocycles. The van der Waals surface area contributed by atoms with Gasteiger partial charge in [-0.2, -0.15) is 0 Å². The molecule has 0 saturated carbocycles. The van der Waals surface area contributed by atoms with Crippen molar-refractivity contribution in [2.45, 2.75) is 38.9 Å². The highest BCUT2D eigenvalue weighted by atomic mass is 35.5. The monoisotopic (exact) mass is 310 g/mol. The van der Waals surface area contributed by atoms with E-state index in [1.165, 1.54) is 0 Å². The Kier molecular flexibility index (Phi) is 4.73. The van der Waals surface area contributed by atoms with Crippen molar-refractivity contribution < 1.29 is 14.3 Å². The molecule has 114 valence electrons. The van der Waals surface area contributed by atoms with Crippen molar-refractivity contribution in [2.75, 3.05) is 7.11 Å². The lowest BCUT2D eigenvalue weighted by Crippen LogP contribution is -2.44. The molecule has 2 atom stereocenters. The Balaban J connectivity index is 2.29. The van der Waals surface area contributed by atoms with Crippen molar-refractivity contribution in [2.24, 2.45) is 0 Å². The zero-order chi connectivity index (χ0) is 15.6. The van der Waals surface area contributed by atoms with E-state index in [2.05, 4.69) is 5.32 Å². The molecule has 1 aromatic carbocycles. The van der Waals surface area contributed by atoms with E-state index in [4.69, 9.17) is 16.3 Å². The van der Waals surface area contributed by atoms with Crippen LogP contribution in [0.1, 0.15) is 25.8 Å². The molecule has 1 aliphatic rings. The van der Waals surface area contributed by atoms with Gasteiger partial charge in [0, 0.05) is 29.6 Å². The van der Waals surface area contributed by atoms with Crippen molar-refractivity contribution in [3.63, 3.8) is 0 Å². The summed E-state index contributed by atoms with van der Waals surface area (Å²) >= 11 is 6.02. The number of nitrogens with one attached hydrogen (secondary N) is 1. The Morgan fingerprint density at radius 1 is 1.38 bits per heavy atom. The first kappa shape index (κ1) is 15.6. The Morgan fingerprint density at radius 3 is 2.76 bits per heavy atom. The molecule has 2 rings (SSSR count). The van der Waals surface area contributed by atoms with E-state index >= 15 is 0 Å². The van der Waals surface area contributed by atoms with Gasteiger partial charge in [0.2, 0.25) is 11.8 Å². The van der Waals surface area contributed by atoms with E-state index in [-0.39, 0.29) is 17.9 Å². The number of carbonyl (C=O) groups excluding carboxylic acids is 2. The Hall–Kier alpha value is -1.75. The molecule has 0 spiro atoms. The molecule has 1 fully saturated rings. The average Bonchev–Trinajstić information content (AvgIpc) is 2.51. The van der Waals surface area contributed by atoms with Crippen LogP contribution in [0.3, 0.4) is 0 Å². The molecule has 2 unspecified atom stereocenters. The lowest BCUT2D eigenvalue weighted by molar-refractivity contribution is -0.135. The molecule has 6 heteroatoms. The van der Waals surface area contributed by atoms with Crippen LogP contribution in [0.2, 0.25) is 5.02 Å². The molecule has 21 heavy (non-hydrogen) atoms. The molecule has 0 radical (unpaired) electrons. The number of methoxy groups -OCH3 is 1. The Labute approximate surface area is 129 Å². The van der Waals surface area contributed by atoms with E-state index in [1.807, 2.05) is 6.92 Å². The van der Waals surface area contributed by atoms with E-state index in [9.17, 15) is 9.59 Å². The minimum absolute atomic E-state index is 0.102. The summed E-state index contributed by atoms with van der Waals surface area (Å²) in [6.45, 7) is 3.93. The Bertz CT molecular complexity index is 562. The minimum atomic E-state index is -0.521. The summed E-state index contributed by atoms with van der Waals surface area (Å²) in [6.07, 6.45) is 0.291. The summed E-state index contributed by atoms with van der Waals surface area (Å²) in [7, 11) is 1.58. The van der Waals surface area contributed by atoms with Gasteiger partial charge in [0.15, 0.2) is 0 Å². The summed E-state index contributed by atoms with van der Waals surface area (Å²) in [4.78, 5) is 25.8. The fraction of sp³-hybridized carbons (Fsp3) is 0.467. The Morgan fingerprint density at radius 2 is 2.10 bits per heavy atom. The average molecular weight is 311 g/mol. The zero-order valence-corrected chi connectivity index (χ0v) is 13.1. The van der Waals surface area contributed by atoms with Gasteiger partial charge in [-0.05, 0) is 32.0 Å². The molecule has 0 bridgehead atoms. The summed E-state index contributed by atoms with van der Waals surface area (Å²) in [5.74, 6) is 0.467. The molecule has 2 amide bonds. The second-order valence-electron chi connectivity index (χ2n) is 5.26. The fourth-order valence-corrected chi connectivity index (χ4v) is 2.69. The second kappa shape index (κ2) is 6.35. The molecular weight excluding hydrogens is 292 g/mol. The maximum Gasteiger partial charge on any atom is 0.245 e. The van der Waals surface area contributed by atoms with E-state index in [1.54, 1.807) is 37.1 Å². The van der Waals surface area contributed by atoms with Gasteiger partial charge in [0.05, 0.1) is 7.11 Å². The van der Waals surface area contributed by atoms with Crippen LogP contribution in [0.4, 0.5) is 0 Å². The first-order valence-corrected chi connectivity index (χ1v) is 7.22. The van der Waals surface area contributed by atoms with Crippen molar-refractivity contribution in [3.05, 3.63) is 28.8 Å². The largest absolute Gasteiger partial charge is 0.496 e. The van der Waals surface area contributed by atoms with Crippen molar-refractivity contribution in [1.82, 2.24) is 10.2 Å². The number of ether oxygens (including phenoxy) is 1. The van der Waals surface area contributed by atoms with Gasteiger partial charge < -0.3 is 15.0 Å². The predicted octanol–water partition coefficient (Wildman–Crippen LogP) is 1.97. The summed E-state index contributed by atoms with van der Waals surface area (Å²) in [5.41, 5.74) is 0.826. The van der Waals surface area contributed by atoms with Gasteiger partial charge in [-0.1, -0.05) is 11.6 Å². The number of hydrogen-bond acceptors (Lipinski definition) is 3. The predicted molar refractivity (Wildman–Crippen MR) is 80.2 cm³/mol. The van der Waals surface area contributed by atoms with E-state index in [0.29, 0.717) is 23.7 Å². The fourth-order valence-electron chi connectivity index (χ4n) is 2.49. The standard InChI is InChI=1S/C15H19ClN2O3/c1-9-6-14(19)17-10(2)15(20)18(9)8-11-7-12(16)4-5-13(11)21-3/h4-5,7,9-10H,6,8H2,1-3H3,(H,17,19). The third-order valence-corrected chi connectivity index (χ3v) is 3.86. The van der Waals surface area contributed by atoms with Gasteiger partial charge in [-0.25, -0.2) is 0 Å². The maximum absolute atomic E-state index is 12.4. The highest BCUT2D eigenvalue weighted by molar-refractivity contribution is 6.30. The van der Waals surface area contributed by atoms with Gasteiger partial charge in [-0.15, -0.1) is 0 Å². The highest BCUT2D eigenvalue weighted by Crippen LogP contribution is 2.26. The smallest absolute Gasteiger partial charge is 0.245 e. The second-order valence-corrected chi connectivity index (χ2v) is 5.70. The molecule has 0 aromatic heterocycles. The first-order chi connectivity index (χ1) is 9.92. The number of benzene rings is 1. The summed E-state index contributed by atoms with van der Waals surface area (Å²) in [5, 5.41) is 3.28. The SMILES string of the molecule is COc1ccc(Cl)cc1CN1C(=O)C(C)NC(=O)CC1C. The van der Waals surface area contributed by atoms with Crippen LogP contribution in [0.5, 0.6) is 5.75 Å². The van der Waals surface area contributed by atoms with Gasteiger partial charge in [-0.3, -0.25) is 9.59 Å². The molecule has 0 aliphatic carbocycles. The van der Waals surface area contributed by atoms with Crippen LogP contribution in [0, 0.1) is 0 Å². The van der Waals surface area contributed by atoms with Gasteiger partial charge >= 0.3 is 0 Å². The normalized spacial score (nSPS) is 22.8. The van der Waals surface area contributed by atoms with E-state index in [0.717, 1.165) is 5.56 Å². The molecule has 1 aliphatic heterocycles. The van der Waals surface area contributed by atoms with Crippen LogP contribution in [0.25, 0.3) is 0 Å². The first-order valence-electron chi connectivity index (χ1n) is 6.84. The van der Waals surface area contributed by atoms with Crippen molar-refractivity contribution >= 4 is 23.4 Å². The van der Waals surface area contributed by atoms with E-state index < -0.39 is 6.04 Å². The third-order valence-electron chi connectivity index (χ3n) is 3.63. The van der Waals surface area contributed by atoms with Crippen LogP contribution in [0.15, 0.2) is 18.2 Å². The molecule has 1 saturated heterocycles. The van der Waals surface area contributed by atoms with Crippen LogP contribution >= 0.6 is 11.6 Å². The zero-order valence-electron chi connectivity index (χ0n) is 12.4. The molecule has 5 nitrogen and oxygen atoms in total.